The van der Waals surface area contributed by atoms with Crippen molar-refractivity contribution in [3.63, 3.8) is 0 Å². The number of hydrogen-bond donors (Lipinski definition) is 1. The Kier molecular flexibility index (Phi) is 6.53. The Labute approximate surface area is 133 Å². The van der Waals surface area contributed by atoms with Crippen LogP contribution in [0.5, 0.6) is 0 Å². The van der Waals surface area contributed by atoms with E-state index in [4.69, 9.17) is 16.3 Å². The molecule has 0 unspecified atom stereocenters. The highest BCUT2D eigenvalue weighted by Crippen LogP contribution is 2.18. The molecule has 7 heteroatoms. The van der Waals surface area contributed by atoms with E-state index in [-0.39, 0.29) is 0 Å². The van der Waals surface area contributed by atoms with Gasteiger partial charge in [0, 0.05) is 24.6 Å². The fraction of sp³-hybridized carbons (Fsp3) is 0.429. The van der Waals surface area contributed by atoms with E-state index in [0.29, 0.717) is 30.6 Å². The number of rotatable bonds is 8. The van der Waals surface area contributed by atoms with Crippen LogP contribution in [-0.4, -0.2) is 45.9 Å². The second kappa shape index (κ2) is 8.41. The normalized spacial score (nSPS) is 12.8. The summed E-state index contributed by atoms with van der Waals surface area (Å²) in [7, 11) is 1.90. The Morgan fingerprint density at radius 1 is 1.38 bits per heavy atom. The number of nitrogens with zero attached hydrogens (tertiary/aromatic N) is 3. The summed E-state index contributed by atoms with van der Waals surface area (Å²) in [6.07, 6.45) is -0.552. The lowest BCUT2D eigenvalue weighted by Crippen LogP contribution is -2.32. The molecule has 0 aliphatic heterocycles. The highest BCUT2D eigenvalue weighted by atomic mass is 35.5. The summed E-state index contributed by atoms with van der Waals surface area (Å²) >= 11 is 7.12. The van der Waals surface area contributed by atoms with Crippen LogP contribution in [0.3, 0.4) is 0 Å². The third-order valence-corrected chi connectivity index (χ3v) is 3.86. The molecule has 0 spiro atoms. The van der Waals surface area contributed by atoms with E-state index in [9.17, 15) is 5.11 Å². The van der Waals surface area contributed by atoms with Crippen LogP contribution in [0.25, 0.3) is 0 Å². The van der Waals surface area contributed by atoms with Crippen molar-refractivity contribution >= 4 is 23.1 Å². The number of aromatic nitrogens is 2. The van der Waals surface area contributed by atoms with E-state index in [1.165, 1.54) is 11.5 Å². The van der Waals surface area contributed by atoms with E-state index in [2.05, 4.69) is 9.59 Å². The van der Waals surface area contributed by atoms with Gasteiger partial charge in [0.1, 0.15) is 10.0 Å². The van der Waals surface area contributed by atoms with Crippen LogP contribution in [0, 0.1) is 0 Å². The maximum absolute atomic E-state index is 9.96. The Bertz CT molecular complexity index is 538. The summed E-state index contributed by atoms with van der Waals surface area (Å²) < 4.78 is 9.89. The van der Waals surface area contributed by atoms with Crippen LogP contribution in [0.4, 0.5) is 0 Å². The van der Waals surface area contributed by atoms with Gasteiger partial charge >= 0.3 is 0 Å². The number of benzene rings is 1. The van der Waals surface area contributed by atoms with Gasteiger partial charge in [-0.25, -0.2) is 0 Å². The van der Waals surface area contributed by atoms with Crippen LogP contribution in [0.1, 0.15) is 11.3 Å². The molecular formula is C14H18ClN3O2S. The minimum Gasteiger partial charge on any atom is -0.389 e. The molecule has 0 radical (unpaired) electrons. The van der Waals surface area contributed by atoms with E-state index >= 15 is 0 Å². The molecule has 114 valence electrons. The topological polar surface area (TPSA) is 58.5 Å². The number of aliphatic hydroxyl groups excluding tert-OH is 1. The summed E-state index contributed by atoms with van der Waals surface area (Å²) in [6, 6.07) is 9.89. The van der Waals surface area contributed by atoms with Gasteiger partial charge in [-0.1, -0.05) is 46.4 Å². The highest BCUT2D eigenvalue weighted by Gasteiger charge is 2.12. The van der Waals surface area contributed by atoms with Crippen LogP contribution in [0.15, 0.2) is 30.3 Å². The van der Waals surface area contributed by atoms with E-state index < -0.39 is 6.10 Å². The first-order valence-corrected chi connectivity index (χ1v) is 7.75. The fourth-order valence-corrected chi connectivity index (χ4v) is 2.52. The smallest absolute Gasteiger partial charge is 0.138 e. The number of halogens is 1. The molecule has 2 aromatic rings. The monoisotopic (exact) mass is 327 g/mol. The van der Waals surface area contributed by atoms with E-state index in [1.807, 2.05) is 42.3 Å². The molecule has 21 heavy (non-hydrogen) atoms. The predicted octanol–water partition coefficient (Wildman–Crippen LogP) is 2.20. The van der Waals surface area contributed by atoms with Crippen molar-refractivity contribution in [2.24, 2.45) is 0 Å². The Balaban J connectivity index is 1.67. The molecule has 1 aromatic heterocycles. The fourth-order valence-electron chi connectivity index (χ4n) is 1.91. The van der Waals surface area contributed by atoms with Gasteiger partial charge in [-0.2, -0.15) is 0 Å². The SMILES string of the molecule is CN(Cc1nnsc1Cl)C[C@@H](O)COCc1ccccc1. The second-order valence-corrected chi connectivity index (χ2v) is 6.20. The lowest BCUT2D eigenvalue weighted by Gasteiger charge is -2.19. The molecule has 0 saturated carbocycles. The average Bonchev–Trinajstić information content (AvgIpc) is 2.85. The average molecular weight is 328 g/mol. The van der Waals surface area contributed by atoms with Gasteiger partial charge in [0.05, 0.1) is 19.3 Å². The lowest BCUT2D eigenvalue weighted by atomic mass is 10.2. The third-order valence-electron chi connectivity index (χ3n) is 2.87. The molecule has 1 aromatic carbocycles. The molecule has 0 fully saturated rings. The molecule has 0 bridgehead atoms. The number of ether oxygens (including phenoxy) is 1. The second-order valence-electron chi connectivity index (χ2n) is 4.84. The molecule has 0 aliphatic carbocycles. The van der Waals surface area contributed by atoms with Crippen LogP contribution < -0.4 is 0 Å². The zero-order chi connectivity index (χ0) is 15.1. The first kappa shape index (κ1) is 16.3. The molecule has 1 N–H and O–H groups in total. The molecule has 5 nitrogen and oxygen atoms in total. The number of aliphatic hydroxyl groups is 1. The van der Waals surface area contributed by atoms with Crippen molar-refractivity contribution in [2.45, 2.75) is 19.3 Å². The van der Waals surface area contributed by atoms with E-state index in [0.717, 1.165) is 11.3 Å². The Morgan fingerprint density at radius 2 is 2.14 bits per heavy atom. The number of hydrogen-bond acceptors (Lipinski definition) is 6. The van der Waals surface area contributed by atoms with Gasteiger partial charge in [-0.3, -0.25) is 4.90 Å². The summed E-state index contributed by atoms with van der Waals surface area (Å²) in [5, 5.41) is 13.9. The maximum Gasteiger partial charge on any atom is 0.138 e. The molecular weight excluding hydrogens is 310 g/mol. The molecule has 0 aliphatic rings. The van der Waals surface area contributed by atoms with Gasteiger partial charge in [0.15, 0.2) is 0 Å². The number of likely N-dealkylation sites (N-methyl/N-ethyl adjacent to an activating group) is 1. The quantitative estimate of drug-likeness (QED) is 0.805. The first-order chi connectivity index (χ1) is 10.1. The van der Waals surface area contributed by atoms with Crippen molar-refractivity contribution in [1.82, 2.24) is 14.5 Å². The lowest BCUT2D eigenvalue weighted by molar-refractivity contribution is 0.0126. The molecule has 0 amide bonds. The zero-order valence-corrected chi connectivity index (χ0v) is 13.3. The standard InChI is InChI=1S/C14H18ClN3O2S/c1-18(8-13-14(15)21-17-16-13)7-12(19)10-20-9-11-5-3-2-4-6-11/h2-6,12,19H,7-10H2,1H3/t12-/m1/s1. The molecule has 1 heterocycles. The van der Waals surface area contributed by atoms with Crippen LogP contribution in [-0.2, 0) is 17.9 Å². The van der Waals surface area contributed by atoms with Crippen LogP contribution in [0.2, 0.25) is 4.34 Å². The minimum absolute atomic E-state index is 0.294. The van der Waals surface area contributed by atoms with Crippen LogP contribution >= 0.6 is 23.1 Å². The van der Waals surface area contributed by atoms with Gasteiger partial charge in [0.25, 0.3) is 0 Å². The van der Waals surface area contributed by atoms with Crippen molar-refractivity contribution < 1.29 is 9.84 Å². The van der Waals surface area contributed by atoms with Gasteiger partial charge in [0.2, 0.25) is 0 Å². The summed E-state index contributed by atoms with van der Waals surface area (Å²) in [6.45, 7) is 1.85. The van der Waals surface area contributed by atoms with Gasteiger partial charge in [-0.15, -0.1) is 5.10 Å². The summed E-state index contributed by atoms with van der Waals surface area (Å²) in [4.78, 5) is 1.94. The third kappa shape index (κ3) is 5.68. The summed E-state index contributed by atoms with van der Waals surface area (Å²) in [5.41, 5.74) is 1.83. The zero-order valence-electron chi connectivity index (χ0n) is 11.8. The largest absolute Gasteiger partial charge is 0.389 e. The van der Waals surface area contributed by atoms with Gasteiger partial charge in [-0.05, 0) is 12.6 Å². The maximum atomic E-state index is 9.96. The minimum atomic E-state index is -0.552. The Hall–Kier alpha value is -1.05. The van der Waals surface area contributed by atoms with E-state index in [1.54, 1.807) is 0 Å². The summed E-state index contributed by atoms with van der Waals surface area (Å²) in [5.74, 6) is 0. The first-order valence-electron chi connectivity index (χ1n) is 6.60. The molecule has 2 rings (SSSR count). The van der Waals surface area contributed by atoms with Crippen molar-refractivity contribution in [1.29, 1.82) is 0 Å². The molecule has 1 atom stereocenters. The highest BCUT2D eigenvalue weighted by molar-refractivity contribution is 7.10. The Morgan fingerprint density at radius 3 is 2.81 bits per heavy atom. The van der Waals surface area contributed by atoms with Gasteiger partial charge < -0.3 is 9.84 Å². The van der Waals surface area contributed by atoms with Crippen molar-refractivity contribution in [3.8, 4) is 0 Å². The predicted molar refractivity (Wildman–Crippen MR) is 83.4 cm³/mol. The van der Waals surface area contributed by atoms with Crippen molar-refractivity contribution in [2.75, 3.05) is 20.2 Å². The van der Waals surface area contributed by atoms with Crippen molar-refractivity contribution in [3.05, 3.63) is 45.9 Å². The molecule has 0 saturated heterocycles.